The molecule has 6 heteroatoms. The van der Waals surface area contributed by atoms with E-state index in [9.17, 15) is 0 Å². The average molecular weight is 630 g/mol. The zero-order chi connectivity index (χ0) is 29.8. The molecule has 0 spiro atoms. The summed E-state index contributed by atoms with van der Waals surface area (Å²) in [5.74, 6) is 8.19. The normalized spacial score (nSPS) is 36.1. The first kappa shape index (κ1) is 27.7. The largest absolute Gasteiger partial charge is 0.457 e. The molecule has 0 aromatic heterocycles. The molecule has 0 saturated heterocycles. The molecule has 0 unspecified atom stereocenters. The lowest BCUT2D eigenvalue weighted by Crippen LogP contribution is -2.50. The highest BCUT2D eigenvalue weighted by Crippen LogP contribution is 2.66. The Morgan fingerprint density at radius 3 is 1.16 bits per heavy atom. The fourth-order valence-corrected chi connectivity index (χ4v) is 12.2. The number of halogens is 2. The van der Waals surface area contributed by atoms with Gasteiger partial charge in [-0.2, -0.15) is 0 Å². The van der Waals surface area contributed by atoms with E-state index in [1.165, 1.54) is 88.2 Å². The molecule has 0 amide bonds. The summed E-state index contributed by atoms with van der Waals surface area (Å²) in [5.41, 5.74) is 16.4. The smallest absolute Gasteiger partial charge is 0.134 e. The van der Waals surface area contributed by atoms with Crippen molar-refractivity contribution in [3.05, 3.63) is 69.7 Å². The Hall–Kier alpha value is -2.56. The summed E-state index contributed by atoms with van der Waals surface area (Å²) < 4.78 is 13.7. The minimum atomic E-state index is 0.155. The van der Waals surface area contributed by atoms with Gasteiger partial charge >= 0.3 is 0 Å². The standard InChI is InChI=1S/C38H42Cl2N2O2/c39-31-11-27(1-3-33(31)41)43-35-14-36(44-28-2-4-34(42)32(40)12-28)30(38-18-24-8-25(19-38)10-26(9-24)20-38)13-29(35)37-15-21-5-22(16-37)7-23(6-21)17-37/h1-4,11-14,21-26H,5-10,15-20,41-42H2. The van der Waals surface area contributed by atoms with Crippen LogP contribution in [0, 0.1) is 35.5 Å². The molecule has 8 aliphatic rings. The molecule has 3 aromatic rings. The number of ether oxygens (including phenoxy) is 2. The van der Waals surface area contributed by atoms with Crippen molar-refractivity contribution in [1.82, 2.24) is 0 Å². The van der Waals surface area contributed by atoms with Gasteiger partial charge in [0.05, 0.1) is 21.4 Å². The van der Waals surface area contributed by atoms with Crippen molar-refractivity contribution in [3.63, 3.8) is 0 Å². The van der Waals surface area contributed by atoms with Crippen LogP contribution in [0.15, 0.2) is 48.5 Å². The molecule has 0 atom stereocenters. The summed E-state index contributed by atoms with van der Waals surface area (Å²) >= 11 is 13.0. The van der Waals surface area contributed by atoms with Gasteiger partial charge in [-0.1, -0.05) is 23.2 Å². The maximum atomic E-state index is 6.86. The number of hydrogen-bond donors (Lipinski definition) is 2. The van der Waals surface area contributed by atoms with Crippen LogP contribution in [0.2, 0.25) is 10.0 Å². The van der Waals surface area contributed by atoms with Gasteiger partial charge in [-0.15, -0.1) is 0 Å². The molecule has 11 rings (SSSR count). The molecule has 8 bridgehead atoms. The van der Waals surface area contributed by atoms with Crippen molar-refractivity contribution in [1.29, 1.82) is 0 Å². The van der Waals surface area contributed by atoms with Crippen molar-refractivity contribution >= 4 is 34.6 Å². The Morgan fingerprint density at radius 2 is 0.841 bits per heavy atom. The molecular weight excluding hydrogens is 587 g/mol. The van der Waals surface area contributed by atoms with Crippen LogP contribution in [-0.4, -0.2) is 0 Å². The fourth-order valence-electron chi connectivity index (χ4n) is 11.8. The van der Waals surface area contributed by atoms with E-state index in [0.717, 1.165) is 47.0 Å². The lowest BCUT2D eigenvalue weighted by molar-refractivity contribution is -0.00937. The maximum absolute atomic E-state index is 6.86. The van der Waals surface area contributed by atoms with Crippen molar-refractivity contribution in [2.75, 3.05) is 11.5 Å². The molecule has 4 nitrogen and oxygen atoms in total. The molecule has 0 radical (unpaired) electrons. The van der Waals surface area contributed by atoms with Gasteiger partial charge in [0.15, 0.2) is 0 Å². The third-order valence-corrected chi connectivity index (χ3v) is 13.4. The van der Waals surface area contributed by atoms with Crippen molar-refractivity contribution < 1.29 is 9.47 Å². The lowest BCUT2D eigenvalue weighted by atomic mass is 9.46. The highest BCUT2D eigenvalue weighted by Gasteiger charge is 2.55. The van der Waals surface area contributed by atoms with E-state index in [-0.39, 0.29) is 10.8 Å². The SMILES string of the molecule is Nc1ccc(Oc2cc(Oc3ccc(N)c(Cl)c3)c(C34CC5CC(CC(C5)C3)C4)cc2C23CC4CC(CC(C4)C2)C3)cc1Cl. The first-order valence-corrected chi connectivity index (χ1v) is 17.6. The molecule has 8 saturated carbocycles. The predicted octanol–water partition coefficient (Wildman–Crippen LogP) is 10.7. The van der Waals surface area contributed by atoms with Crippen molar-refractivity contribution in [2.45, 2.75) is 87.9 Å². The molecule has 0 aliphatic heterocycles. The summed E-state index contributed by atoms with van der Waals surface area (Å²) in [7, 11) is 0. The first-order chi connectivity index (χ1) is 21.2. The van der Waals surface area contributed by atoms with Crippen LogP contribution in [-0.2, 0) is 10.8 Å². The summed E-state index contributed by atoms with van der Waals surface area (Å²) in [5, 5.41) is 1.02. The number of hydrogen-bond acceptors (Lipinski definition) is 4. The summed E-state index contributed by atoms with van der Waals surface area (Å²) in [6.07, 6.45) is 16.1. The molecule has 8 aliphatic carbocycles. The Kier molecular flexibility index (Phi) is 6.28. The van der Waals surface area contributed by atoms with Crippen LogP contribution >= 0.6 is 23.2 Å². The molecule has 4 N–H and O–H groups in total. The highest BCUT2D eigenvalue weighted by molar-refractivity contribution is 6.33. The quantitative estimate of drug-likeness (QED) is 0.266. The van der Waals surface area contributed by atoms with Gasteiger partial charge in [0.1, 0.15) is 23.0 Å². The monoisotopic (exact) mass is 628 g/mol. The van der Waals surface area contributed by atoms with Gasteiger partial charge in [0.25, 0.3) is 0 Å². The van der Waals surface area contributed by atoms with Crippen molar-refractivity contribution in [2.24, 2.45) is 35.5 Å². The van der Waals surface area contributed by atoms with Crippen LogP contribution < -0.4 is 20.9 Å². The molecule has 230 valence electrons. The molecule has 44 heavy (non-hydrogen) atoms. The van der Waals surface area contributed by atoms with Gasteiger partial charge in [-0.3, -0.25) is 0 Å². The van der Waals surface area contributed by atoms with Crippen LogP contribution in [0.25, 0.3) is 0 Å². The van der Waals surface area contributed by atoms with Crippen molar-refractivity contribution in [3.8, 4) is 23.0 Å². The number of rotatable bonds is 6. The van der Waals surface area contributed by atoms with Gasteiger partial charge in [0, 0.05) is 29.3 Å². The minimum absolute atomic E-state index is 0.155. The second kappa shape index (κ2) is 9.97. The second-order valence-corrected chi connectivity index (χ2v) is 16.6. The summed E-state index contributed by atoms with van der Waals surface area (Å²) in [6.45, 7) is 0. The maximum Gasteiger partial charge on any atom is 0.134 e. The number of nitrogen functional groups attached to an aromatic ring is 2. The van der Waals surface area contributed by atoms with E-state index in [2.05, 4.69) is 12.1 Å². The third-order valence-electron chi connectivity index (χ3n) is 12.7. The Morgan fingerprint density at radius 1 is 0.500 bits per heavy atom. The zero-order valence-electron chi connectivity index (χ0n) is 25.3. The van der Waals surface area contributed by atoms with E-state index in [1.807, 2.05) is 36.4 Å². The van der Waals surface area contributed by atoms with Gasteiger partial charge in [-0.05, 0) is 154 Å². The van der Waals surface area contributed by atoms with E-state index in [4.69, 9.17) is 44.1 Å². The number of nitrogens with two attached hydrogens (primary N) is 2. The van der Waals surface area contributed by atoms with E-state index < -0.39 is 0 Å². The number of anilines is 2. The first-order valence-electron chi connectivity index (χ1n) is 16.9. The van der Waals surface area contributed by atoms with Crippen LogP contribution in [0.4, 0.5) is 11.4 Å². The zero-order valence-corrected chi connectivity index (χ0v) is 26.8. The van der Waals surface area contributed by atoms with Gasteiger partial charge < -0.3 is 20.9 Å². The topological polar surface area (TPSA) is 70.5 Å². The second-order valence-electron chi connectivity index (χ2n) is 15.8. The third kappa shape index (κ3) is 4.53. The molecule has 0 heterocycles. The Bertz CT molecular complexity index is 1460. The van der Waals surface area contributed by atoms with Crippen LogP contribution in [0.1, 0.15) is 88.2 Å². The van der Waals surface area contributed by atoms with Crippen LogP contribution in [0.5, 0.6) is 23.0 Å². The minimum Gasteiger partial charge on any atom is -0.457 e. The lowest BCUT2D eigenvalue weighted by Gasteiger charge is -2.58. The average Bonchev–Trinajstić information content (AvgIpc) is 2.95. The summed E-state index contributed by atoms with van der Waals surface area (Å²) in [4.78, 5) is 0. The van der Waals surface area contributed by atoms with E-state index in [1.54, 1.807) is 0 Å². The Labute approximate surface area is 270 Å². The van der Waals surface area contributed by atoms with Crippen LogP contribution in [0.3, 0.4) is 0 Å². The highest BCUT2D eigenvalue weighted by atomic mass is 35.5. The fraction of sp³-hybridized carbons (Fsp3) is 0.526. The summed E-state index contributed by atoms with van der Waals surface area (Å²) in [6, 6.07) is 16.0. The van der Waals surface area contributed by atoms with Gasteiger partial charge in [-0.25, -0.2) is 0 Å². The molecule has 3 aromatic carbocycles. The Balaban J connectivity index is 1.23. The molecule has 8 fully saturated rings. The predicted molar refractivity (Wildman–Crippen MR) is 178 cm³/mol. The van der Waals surface area contributed by atoms with E-state index >= 15 is 0 Å². The number of benzene rings is 3. The van der Waals surface area contributed by atoms with E-state index in [0.29, 0.717) is 32.9 Å². The molecular formula is C38H42Cl2N2O2. The van der Waals surface area contributed by atoms with Gasteiger partial charge in [0.2, 0.25) is 0 Å².